The van der Waals surface area contributed by atoms with E-state index in [1.807, 2.05) is 0 Å². The molecule has 0 aliphatic heterocycles. The Morgan fingerprint density at radius 2 is 1.88 bits per heavy atom. The Kier molecular flexibility index (Phi) is 6.58. The predicted molar refractivity (Wildman–Crippen MR) is 65.3 cm³/mol. The summed E-state index contributed by atoms with van der Waals surface area (Å²) in [5.41, 5.74) is 6.19. The monoisotopic (exact) mass is 241 g/mol. The van der Waals surface area contributed by atoms with Crippen LogP contribution >= 0.6 is 0 Å². The second kappa shape index (κ2) is 8.03. The molecule has 0 heterocycles. The first-order valence-electron chi connectivity index (χ1n) is 5.99. The van der Waals surface area contributed by atoms with Crippen molar-refractivity contribution >= 4 is 0 Å². The van der Waals surface area contributed by atoms with Crippen LogP contribution in [0, 0.1) is 5.82 Å². The number of benzene rings is 1. The highest BCUT2D eigenvalue weighted by atomic mass is 19.1. The van der Waals surface area contributed by atoms with Crippen LogP contribution in [0.5, 0.6) is 5.75 Å². The Labute approximate surface area is 101 Å². The van der Waals surface area contributed by atoms with Gasteiger partial charge in [0, 0.05) is 19.2 Å². The predicted octanol–water partition coefficient (Wildman–Crippen LogP) is 2.22. The van der Waals surface area contributed by atoms with Crippen molar-refractivity contribution in [1.29, 1.82) is 0 Å². The fraction of sp³-hybridized carbons (Fsp3) is 0.538. The first-order valence-corrected chi connectivity index (χ1v) is 5.99. The average molecular weight is 241 g/mol. The van der Waals surface area contributed by atoms with Gasteiger partial charge in [0.1, 0.15) is 11.6 Å². The SMILES string of the molecule is NCc1cc(F)cc(OCCCCCCO)c1. The van der Waals surface area contributed by atoms with E-state index >= 15 is 0 Å². The van der Waals surface area contributed by atoms with E-state index in [0.717, 1.165) is 31.2 Å². The highest BCUT2D eigenvalue weighted by molar-refractivity contribution is 5.29. The van der Waals surface area contributed by atoms with E-state index in [-0.39, 0.29) is 12.4 Å². The molecule has 0 unspecified atom stereocenters. The number of ether oxygens (including phenoxy) is 1. The normalized spacial score (nSPS) is 10.5. The van der Waals surface area contributed by atoms with E-state index in [4.69, 9.17) is 15.6 Å². The average Bonchev–Trinajstić information content (AvgIpc) is 2.33. The van der Waals surface area contributed by atoms with Crippen LogP contribution in [0.2, 0.25) is 0 Å². The van der Waals surface area contributed by atoms with Crippen LogP contribution in [0.25, 0.3) is 0 Å². The van der Waals surface area contributed by atoms with Crippen LogP contribution in [-0.2, 0) is 6.54 Å². The van der Waals surface area contributed by atoms with Gasteiger partial charge in [-0.2, -0.15) is 0 Å². The highest BCUT2D eigenvalue weighted by Crippen LogP contribution is 2.16. The molecule has 1 rings (SSSR count). The zero-order valence-electron chi connectivity index (χ0n) is 9.99. The standard InChI is InChI=1S/C13H20FNO2/c14-12-7-11(10-15)8-13(9-12)17-6-4-2-1-3-5-16/h7-9,16H,1-6,10,15H2. The van der Waals surface area contributed by atoms with Gasteiger partial charge in [0.2, 0.25) is 0 Å². The molecular weight excluding hydrogens is 221 g/mol. The van der Waals surface area contributed by atoms with Crippen molar-refractivity contribution in [1.82, 2.24) is 0 Å². The zero-order chi connectivity index (χ0) is 12.5. The summed E-state index contributed by atoms with van der Waals surface area (Å²) < 4.78 is 18.6. The minimum atomic E-state index is -0.316. The fourth-order valence-electron chi connectivity index (χ4n) is 1.58. The first-order chi connectivity index (χ1) is 8.26. The lowest BCUT2D eigenvalue weighted by Gasteiger charge is -2.07. The molecule has 0 saturated heterocycles. The van der Waals surface area contributed by atoms with Crippen molar-refractivity contribution in [3.05, 3.63) is 29.6 Å². The molecule has 0 saturated carbocycles. The van der Waals surface area contributed by atoms with Crippen molar-refractivity contribution in [2.24, 2.45) is 5.73 Å². The molecule has 3 nitrogen and oxygen atoms in total. The zero-order valence-corrected chi connectivity index (χ0v) is 9.99. The second-order valence-electron chi connectivity index (χ2n) is 3.99. The summed E-state index contributed by atoms with van der Waals surface area (Å²) in [7, 11) is 0. The van der Waals surface area contributed by atoms with Crippen molar-refractivity contribution in [2.75, 3.05) is 13.2 Å². The molecule has 1 aromatic rings. The van der Waals surface area contributed by atoms with E-state index < -0.39 is 0 Å². The van der Waals surface area contributed by atoms with E-state index in [1.165, 1.54) is 12.1 Å². The first kappa shape index (κ1) is 13.9. The molecule has 0 aliphatic carbocycles. The maximum Gasteiger partial charge on any atom is 0.127 e. The summed E-state index contributed by atoms with van der Waals surface area (Å²) >= 11 is 0. The van der Waals surface area contributed by atoms with Crippen molar-refractivity contribution < 1.29 is 14.2 Å². The van der Waals surface area contributed by atoms with E-state index in [9.17, 15) is 4.39 Å². The largest absolute Gasteiger partial charge is 0.493 e. The molecule has 3 N–H and O–H groups in total. The number of nitrogens with two attached hydrogens (primary N) is 1. The number of aliphatic hydroxyl groups is 1. The molecular formula is C13H20FNO2. The van der Waals surface area contributed by atoms with E-state index in [0.29, 0.717) is 18.9 Å². The van der Waals surface area contributed by atoms with Crippen molar-refractivity contribution in [3.8, 4) is 5.75 Å². The van der Waals surface area contributed by atoms with Crippen LogP contribution in [0.1, 0.15) is 31.2 Å². The molecule has 0 fully saturated rings. The summed E-state index contributed by atoms with van der Waals surface area (Å²) in [6.45, 7) is 1.12. The Morgan fingerprint density at radius 3 is 2.59 bits per heavy atom. The smallest absolute Gasteiger partial charge is 0.127 e. The lowest BCUT2D eigenvalue weighted by molar-refractivity contribution is 0.273. The van der Waals surface area contributed by atoms with Gasteiger partial charge in [-0.25, -0.2) is 4.39 Å². The third-order valence-electron chi connectivity index (χ3n) is 2.49. The van der Waals surface area contributed by atoms with Gasteiger partial charge in [-0.1, -0.05) is 6.42 Å². The van der Waals surface area contributed by atoms with Crippen LogP contribution in [0.15, 0.2) is 18.2 Å². The summed E-state index contributed by atoms with van der Waals surface area (Å²) in [6, 6.07) is 4.54. The van der Waals surface area contributed by atoms with Crippen LogP contribution in [0.4, 0.5) is 4.39 Å². The van der Waals surface area contributed by atoms with Crippen LogP contribution in [-0.4, -0.2) is 18.3 Å². The van der Waals surface area contributed by atoms with Gasteiger partial charge >= 0.3 is 0 Å². The van der Waals surface area contributed by atoms with Crippen LogP contribution < -0.4 is 10.5 Å². The molecule has 0 amide bonds. The number of halogens is 1. The van der Waals surface area contributed by atoms with Gasteiger partial charge in [-0.05, 0) is 37.0 Å². The molecule has 0 atom stereocenters. The van der Waals surface area contributed by atoms with E-state index in [2.05, 4.69) is 0 Å². The van der Waals surface area contributed by atoms with Gasteiger partial charge in [0.25, 0.3) is 0 Å². The molecule has 0 spiro atoms. The van der Waals surface area contributed by atoms with Crippen molar-refractivity contribution in [2.45, 2.75) is 32.2 Å². The van der Waals surface area contributed by atoms with Gasteiger partial charge < -0.3 is 15.6 Å². The third kappa shape index (κ3) is 5.65. The van der Waals surface area contributed by atoms with Crippen LogP contribution in [0.3, 0.4) is 0 Å². The lowest BCUT2D eigenvalue weighted by atomic mass is 10.2. The molecule has 0 aliphatic rings. The summed E-state index contributed by atoms with van der Waals surface area (Å²) in [5, 5.41) is 8.60. The molecule has 4 heteroatoms. The maximum absolute atomic E-state index is 13.1. The van der Waals surface area contributed by atoms with E-state index in [1.54, 1.807) is 6.07 Å². The highest BCUT2D eigenvalue weighted by Gasteiger charge is 2.00. The molecule has 0 bridgehead atoms. The minimum Gasteiger partial charge on any atom is -0.493 e. The van der Waals surface area contributed by atoms with Gasteiger partial charge in [0.15, 0.2) is 0 Å². The van der Waals surface area contributed by atoms with Gasteiger partial charge in [-0.3, -0.25) is 0 Å². The molecule has 1 aromatic carbocycles. The number of hydrogen-bond donors (Lipinski definition) is 2. The Hall–Kier alpha value is -1.13. The number of aliphatic hydroxyl groups excluding tert-OH is 1. The topological polar surface area (TPSA) is 55.5 Å². The molecule has 17 heavy (non-hydrogen) atoms. The number of unbranched alkanes of at least 4 members (excludes halogenated alkanes) is 3. The summed E-state index contributed by atoms with van der Waals surface area (Å²) in [6.07, 6.45) is 3.75. The molecule has 0 radical (unpaired) electrons. The minimum absolute atomic E-state index is 0.241. The Balaban J connectivity index is 2.28. The van der Waals surface area contributed by atoms with Gasteiger partial charge in [-0.15, -0.1) is 0 Å². The summed E-state index contributed by atoms with van der Waals surface area (Å²) in [5.74, 6) is 0.218. The molecule has 96 valence electrons. The quantitative estimate of drug-likeness (QED) is 0.686. The van der Waals surface area contributed by atoms with Crippen molar-refractivity contribution in [3.63, 3.8) is 0 Å². The number of rotatable bonds is 8. The third-order valence-corrected chi connectivity index (χ3v) is 2.49. The number of hydrogen-bond acceptors (Lipinski definition) is 3. The van der Waals surface area contributed by atoms with Gasteiger partial charge in [0.05, 0.1) is 6.61 Å². The Bertz CT molecular complexity index is 331. The fourth-order valence-corrected chi connectivity index (χ4v) is 1.58. The summed E-state index contributed by atoms with van der Waals surface area (Å²) in [4.78, 5) is 0. The second-order valence-corrected chi connectivity index (χ2v) is 3.99. The lowest BCUT2D eigenvalue weighted by Crippen LogP contribution is -2.01. The maximum atomic E-state index is 13.1. The Morgan fingerprint density at radius 1 is 1.12 bits per heavy atom. The molecule has 0 aromatic heterocycles.